The van der Waals surface area contributed by atoms with Gasteiger partial charge >= 0.3 is 7.25 Å². The second-order valence-corrected chi connectivity index (χ2v) is 5.88. The quantitative estimate of drug-likeness (QED) is 0.242. The number of hydrogen-bond donors (Lipinski definition) is 0. The highest BCUT2D eigenvalue weighted by atomic mass is 19.5. The molecule has 0 amide bonds. The molecule has 0 N–H and O–H groups in total. The summed E-state index contributed by atoms with van der Waals surface area (Å²) in [5, 5.41) is 0. The molecule has 0 unspecified atom stereocenters. The Labute approximate surface area is 121 Å². The van der Waals surface area contributed by atoms with E-state index in [-0.39, 0.29) is 0 Å². The van der Waals surface area contributed by atoms with E-state index in [1.807, 2.05) is 0 Å². The van der Waals surface area contributed by atoms with Crippen LogP contribution < -0.4 is 0 Å². The van der Waals surface area contributed by atoms with Gasteiger partial charge in [-0.2, -0.15) is 0 Å². The molecule has 0 aromatic heterocycles. The van der Waals surface area contributed by atoms with Crippen LogP contribution in [0.4, 0.5) is 17.3 Å². The maximum Gasteiger partial charge on any atom is 0.673 e. The normalized spacial score (nSPS) is 11.8. The fraction of sp³-hybridized carbons (Fsp3) is 0.923. The summed E-state index contributed by atoms with van der Waals surface area (Å²) in [6, 6.07) is 2.24. The third-order valence-electron chi connectivity index (χ3n) is 2.65. The molecule has 0 spiro atoms. The molecule has 0 saturated carbocycles. The molecule has 0 saturated heterocycles. The number of rotatable bonds is 5. The van der Waals surface area contributed by atoms with E-state index in [4.69, 9.17) is 0 Å². The van der Waals surface area contributed by atoms with Crippen molar-refractivity contribution in [2.45, 2.75) is 79.6 Å². The number of nitrogens with zero attached hydrogens (tertiary/aromatic N) is 2. The van der Waals surface area contributed by atoms with Gasteiger partial charge in [0.25, 0.3) is 0 Å². The first kappa shape index (κ1) is 21.6. The van der Waals surface area contributed by atoms with Crippen LogP contribution in [0.5, 0.6) is 0 Å². The fourth-order valence-electron chi connectivity index (χ4n) is 1.88. The van der Waals surface area contributed by atoms with Gasteiger partial charge in [0.05, 0.1) is 24.2 Å². The molecular weight excluding hydrogens is 271 g/mol. The van der Waals surface area contributed by atoms with Crippen LogP contribution in [0.25, 0.3) is 0 Å². The second kappa shape index (κ2) is 9.24. The second-order valence-electron chi connectivity index (χ2n) is 5.88. The lowest BCUT2D eigenvalue weighted by atomic mass is 10.2. The van der Waals surface area contributed by atoms with Gasteiger partial charge < -0.3 is 17.3 Å². The average molecular weight is 300 g/mol. The first-order chi connectivity index (χ1) is 8.77. The maximum atomic E-state index is 9.75. The molecule has 0 aliphatic heterocycles. The predicted octanol–water partition coefficient (Wildman–Crippen LogP) is 4.26. The summed E-state index contributed by atoms with van der Waals surface area (Å²) in [4.78, 5) is 2.42. The van der Waals surface area contributed by atoms with Crippen LogP contribution >= 0.6 is 0 Å². The Bertz CT molecular complexity index is 263. The molecule has 0 aliphatic rings. The summed E-state index contributed by atoms with van der Waals surface area (Å²) >= 11 is 0. The van der Waals surface area contributed by atoms with Gasteiger partial charge in [-0.3, -0.25) is 9.48 Å². The van der Waals surface area contributed by atoms with Crippen molar-refractivity contribution < 1.29 is 21.8 Å². The lowest BCUT2D eigenvalue weighted by molar-refractivity contribution is -0.587. The largest absolute Gasteiger partial charge is 0.673 e. The van der Waals surface area contributed by atoms with Crippen molar-refractivity contribution in [3.8, 4) is 0 Å². The van der Waals surface area contributed by atoms with E-state index in [1.165, 1.54) is 0 Å². The van der Waals surface area contributed by atoms with E-state index in [1.54, 1.807) is 0 Å². The zero-order chi connectivity index (χ0) is 16.7. The minimum absolute atomic E-state index is 0.560. The van der Waals surface area contributed by atoms with Gasteiger partial charge in [0.1, 0.15) is 0 Å². The van der Waals surface area contributed by atoms with Crippen LogP contribution in [0.1, 0.15) is 55.4 Å². The molecule has 2 nitrogen and oxygen atoms in total. The fourth-order valence-corrected chi connectivity index (χ4v) is 1.88. The molecule has 20 heavy (non-hydrogen) atoms. The molecule has 0 aromatic carbocycles. The molecule has 7 heteroatoms. The highest BCUT2D eigenvalue weighted by molar-refractivity contribution is 6.50. The third kappa shape index (κ3) is 12.3. The van der Waals surface area contributed by atoms with Crippen LogP contribution in [0, 0.1) is 0 Å². The maximum absolute atomic E-state index is 9.75. The van der Waals surface area contributed by atoms with Crippen molar-refractivity contribution in [2.24, 2.45) is 0 Å². The number of halogens is 4. The smallest absolute Gasteiger partial charge is 0.418 e. The Morgan fingerprint density at radius 2 is 1.00 bits per heavy atom. The van der Waals surface area contributed by atoms with Crippen LogP contribution in [0.15, 0.2) is 0 Å². The molecule has 0 radical (unpaired) electrons. The average Bonchev–Trinajstić information content (AvgIpc) is 2.12. The zero-order valence-corrected chi connectivity index (χ0v) is 13.9. The van der Waals surface area contributed by atoms with Crippen molar-refractivity contribution in [2.75, 3.05) is 0 Å². The minimum atomic E-state index is -6.00. The van der Waals surface area contributed by atoms with Gasteiger partial charge in [0.2, 0.25) is 6.34 Å². The molecule has 0 rings (SSSR count). The van der Waals surface area contributed by atoms with Gasteiger partial charge in [-0.1, -0.05) is 0 Å². The summed E-state index contributed by atoms with van der Waals surface area (Å²) in [5.74, 6) is 0. The Morgan fingerprint density at radius 3 is 1.15 bits per heavy atom. The Morgan fingerprint density at radius 1 is 0.750 bits per heavy atom. The van der Waals surface area contributed by atoms with E-state index in [9.17, 15) is 17.3 Å². The summed E-state index contributed by atoms with van der Waals surface area (Å²) in [5.41, 5.74) is 0. The first-order valence-electron chi connectivity index (χ1n) is 7.04. The topological polar surface area (TPSA) is 6.25 Å². The van der Waals surface area contributed by atoms with Crippen molar-refractivity contribution in [3.05, 3.63) is 0 Å². The van der Waals surface area contributed by atoms with Gasteiger partial charge in [-0.25, -0.2) is 0 Å². The Kier molecular flexibility index (Phi) is 9.96. The first-order valence-corrected chi connectivity index (χ1v) is 7.04. The van der Waals surface area contributed by atoms with Crippen LogP contribution in [0.2, 0.25) is 0 Å². The van der Waals surface area contributed by atoms with E-state index in [0.717, 1.165) is 0 Å². The molecule has 122 valence electrons. The molecule has 0 atom stereocenters. The molecule has 0 aliphatic carbocycles. The minimum Gasteiger partial charge on any atom is -0.418 e. The van der Waals surface area contributed by atoms with Gasteiger partial charge in [-0.05, 0) is 55.4 Å². The zero-order valence-electron chi connectivity index (χ0n) is 13.9. The van der Waals surface area contributed by atoms with E-state index in [0.29, 0.717) is 24.2 Å². The lowest BCUT2D eigenvalue weighted by Crippen LogP contribution is -2.42. The van der Waals surface area contributed by atoms with Crippen LogP contribution in [-0.4, -0.2) is 47.2 Å². The summed E-state index contributed by atoms with van der Waals surface area (Å²) in [6.07, 6.45) is 2.30. The number of hydrogen-bond acceptors (Lipinski definition) is 0. The van der Waals surface area contributed by atoms with E-state index < -0.39 is 7.25 Å². The van der Waals surface area contributed by atoms with Crippen molar-refractivity contribution in [1.29, 1.82) is 0 Å². The van der Waals surface area contributed by atoms with Gasteiger partial charge in [-0.15, -0.1) is 0 Å². The highest BCUT2D eigenvalue weighted by Gasteiger charge is 2.21. The highest BCUT2D eigenvalue weighted by Crippen LogP contribution is 2.06. The van der Waals surface area contributed by atoms with Gasteiger partial charge in [0, 0.05) is 0 Å². The monoisotopic (exact) mass is 300 g/mol. The third-order valence-corrected chi connectivity index (χ3v) is 2.65. The van der Waals surface area contributed by atoms with Crippen molar-refractivity contribution in [1.82, 2.24) is 4.90 Å². The van der Waals surface area contributed by atoms with Gasteiger partial charge in [0.15, 0.2) is 0 Å². The molecule has 0 fully saturated rings. The Balaban J connectivity index is 0. The van der Waals surface area contributed by atoms with E-state index in [2.05, 4.69) is 71.2 Å². The molecule has 0 aromatic rings. The standard InChI is InChI=1S/C13H29N2.BF4/c1-10(2)14(11(3)4)9-15(12(5)6)13(7)8;2-1(3,4)5/h9-13H,1-8H3;/q+1;-1. The predicted molar refractivity (Wildman–Crippen MR) is 78.9 cm³/mol. The molecule has 0 heterocycles. The van der Waals surface area contributed by atoms with Crippen LogP contribution in [-0.2, 0) is 0 Å². The lowest BCUT2D eigenvalue weighted by Gasteiger charge is -2.25. The summed E-state index contributed by atoms with van der Waals surface area (Å²) < 4.78 is 41.4. The van der Waals surface area contributed by atoms with E-state index >= 15 is 0 Å². The molecule has 0 bridgehead atoms. The van der Waals surface area contributed by atoms with Crippen molar-refractivity contribution in [3.63, 3.8) is 0 Å². The molecular formula is C13H29BF4N2. The summed E-state index contributed by atoms with van der Waals surface area (Å²) in [6.45, 7) is 18.0. The summed E-state index contributed by atoms with van der Waals surface area (Å²) in [7, 11) is -6.00. The SMILES string of the molecule is CC(C)N(C=[N+](C(C)C)C(C)C)C(C)C.F[B-](F)(F)F. The Hall–Kier alpha value is -0.745. The van der Waals surface area contributed by atoms with Crippen molar-refractivity contribution >= 4 is 13.6 Å². The van der Waals surface area contributed by atoms with Crippen LogP contribution in [0.3, 0.4) is 0 Å².